The van der Waals surface area contributed by atoms with E-state index in [-0.39, 0.29) is 20.6 Å². The SMILES string of the molecule is O=C(c1ccc(Br)c(C(F)(F)F)c1)c1ccc(Cl)cc1F. The van der Waals surface area contributed by atoms with Gasteiger partial charge in [0.1, 0.15) is 5.82 Å². The van der Waals surface area contributed by atoms with Crippen LogP contribution in [0.25, 0.3) is 0 Å². The van der Waals surface area contributed by atoms with Crippen molar-refractivity contribution < 1.29 is 22.4 Å². The Hall–Kier alpha value is -1.40. The van der Waals surface area contributed by atoms with E-state index in [0.29, 0.717) is 6.07 Å². The number of rotatable bonds is 2. The molecule has 0 aliphatic heterocycles. The Bertz CT molecular complexity index is 713. The topological polar surface area (TPSA) is 17.1 Å². The smallest absolute Gasteiger partial charge is 0.288 e. The number of carbonyl (C=O) groups is 1. The third-order valence-electron chi connectivity index (χ3n) is 2.71. The minimum absolute atomic E-state index is 0.0934. The fourth-order valence-corrected chi connectivity index (χ4v) is 2.34. The summed E-state index contributed by atoms with van der Waals surface area (Å²) in [6.45, 7) is 0. The van der Waals surface area contributed by atoms with Crippen molar-refractivity contribution in [3.05, 3.63) is 68.4 Å². The highest BCUT2D eigenvalue weighted by Crippen LogP contribution is 2.35. The van der Waals surface area contributed by atoms with E-state index < -0.39 is 23.3 Å². The number of hydrogen-bond donors (Lipinski definition) is 0. The Morgan fingerprint density at radius 3 is 2.33 bits per heavy atom. The minimum Gasteiger partial charge on any atom is -0.288 e. The summed E-state index contributed by atoms with van der Waals surface area (Å²) < 4.78 is 51.9. The van der Waals surface area contributed by atoms with Gasteiger partial charge in [0.25, 0.3) is 0 Å². The summed E-state index contributed by atoms with van der Waals surface area (Å²) >= 11 is 8.34. The van der Waals surface area contributed by atoms with E-state index in [1.165, 1.54) is 12.1 Å². The molecule has 21 heavy (non-hydrogen) atoms. The molecule has 2 aromatic rings. The fraction of sp³-hybridized carbons (Fsp3) is 0.0714. The lowest BCUT2D eigenvalue weighted by atomic mass is 10.0. The van der Waals surface area contributed by atoms with Crippen LogP contribution in [0.5, 0.6) is 0 Å². The Kier molecular flexibility index (Phi) is 4.39. The average Bonchev–Trinajstić information content (AvgIpc) is 2.37. The maximum atomic E-state index is 13.7. The lowest BCUT2D eigenvalue weighted by Crippen LogP contribution is -2.10. The normalized spacial score (nSPS) is 11.5. The van der Waals surface area contributed by atoms with Crippen LogP contribution in [-0.2, 0) is 6.18 Å². The predicted octanol–water partition coefficient (Wildman–Crippen LogP) is 5.49. The van der Waals surface area contributed by atoms with Crippen LogP contribution < -0.4 is 0 Å². The quantitative estimate of drug-likeness (QED) is 0.496. The van der Waals surface area contributed by atoms with E-state index in [0.717, 1.165) is 18.2 Å². The molecule has 0 spiro atoms. The van der Waals surface area contributed by atoms with Crippen molar-refractivity contribution in [2.75, 3.05) is 0 Å². The first-order valence-electron chi connectivity index (χ1n) is 5.56. The van der Waals surface area contributed by atoms with Crippen LogP contribution in [0.1, 0.15) is 21.5 Å². The van der Waals surface area contributed by atoms with Crippen molar-refractivity contribution in [3.8, 4) is 0 Å². The van der Waals surface area contributed by atoms with Gasteiger partial charge < -0.3 is 0 Å². The number of ketones is 1. The molecule has 0 N–H and O–H groups in total. The maximum absolute atomic E-state index is 13.7. The Labute approximate surface area is 130 Å². The molecule has 0 fully saturated rings. The zero-order valence-electron chi connectivity index (χ0n) is 10.1. The van der Waals surface area contributed by atoms with Gasteiger partial charge in [-0.25, -0.2) is 4.39 Å². The molecule has 0 aliphatic carbocycles. The number of carbonyl (C=O) groups excluding carboxylic acids is 1. The highest BCUT2D eigenvalue weighted by Gasteiger charge is 2.33. The molecule has 1 nitrogen and oxygen atoms in total. The van der Waals surface area contributed by atoms with Gasteiger partial charge in [-0.05, 0) is 36.4 Å². The van der Waals surface area contributed by atoms with Crippen molar-refractivity contribution >= 4 is 33.3 Å². The zero-order valence-corrected chi connectivity index (χ0v) is 12.5. The highest BCUT2D eigenvalue weighted by molar-refractivity contribution is 9.10. The van der Waals surface area contributed by atoms with E-state index in [9.17, 15) is 22.4 Å². The summed E-state index contributed by atoms with van der Waals surface area (Å²) in [6.07, 6.45) is -4.62. The van der Waals surface area contributed by atoms with Gasteiger partial charge in [-0.2, -0.15) is 13.2 Å². The molecule has 0 radical (unpaired) electrons. The van der Waals surface area contributed by atoms with E-state index in [1.54, 1.807) is 0 Å². The fourth-order valence-electron chi connectivity index (χ4n) is 1.71. The van der Waals surface area contributed by atoms with Crippen molar-refractivity contribution in [3.63, 3.8) is 0 Å². The molecular weight excluding hydrogens is 376 g/mol. The summed E-state index contributed by atoms with van der Waals surface area (Å²) in [6, 6.07) is 6.33. The summed E-state index contributed by atoms with van der Waals surface area (Å²) in [5.41, 5.74) is -1.59. The Balaban J connectivity index is 2.49. The van der Waals surface area contributed by atoms with Crippen LogP contribution in [0.15, 0.2) is 40.9 Å². The monoisotopic (exact) mass is 380 g/mol. The van der Waals surface area contributed by atoms with Gasteiger partial charge in [0.15, 0.2) is 5.78 Å². The number of benzene rings is 2. The average molecular weight is 382 g/mol. The molecule has 0 saturated carbocycles. The van der Waals surface area contributed by atoms with E-state index in [2.05, 4.69) is 15.9 Å². The van der Waals surface area contributed by atoms with Gasteiger partial charge >= 0.3 is 6.18 Å². The molecule has 0 amide bonds. The van der Waals surface area contributed by atoms with Gasteiger partial charge in [-0.3, -0.25) is 4.79 Å². The molecular formula is C14H6BrClF4O. The molecule has 0 heterocycles. The molecule has 110 valence electrons. The van der Waals surface area contributed by atoms with Gasteiger partial charge in [0.2, 0.25) is 0 Å². The summed E-state index contributed by atoms with van der Waals surface area (Å²) in [5, 5.41) is 0.0934. The molecule has 7 heteroatoms. The lowest BCUT2D eigenvalue weighted by molar-refractivity contribution is -0.138. The first-order valence-corrected chi connectivity index (χ1v) is 6.74. The Morgan fingerprint density at radius 1 is 1.10 bits per heavy atom. The Morgan fingerprint density at radius 2 is 1.76 bits per heavy atom. The molecule has 2 rings (SSSR count). The van der Waals surface area contributed by atoms with E-state index in [1.807, 2.05) is 0 Å². The molecule has 0 bridgehead atoms. The summed E-state index contributed by atoms with van der Waals surface area (Å²) in [7, 11) is 0. The highest BCUT2D eigenvalue weighted by atomic mass is 79.9. The van der Waals surface area contributed by atoms with Gasteiger partial charge in [0.05, 0.1) is 11.1 Å². The van der Waals surface area contributed by atoms with Crippen LogP contribution in [0.3, 0.4) is 0 Å². The van der Waals surface area contributed by atoms with Crippen LogP contribution >= 0.6 is 27.5 Å². The second-order valence-electron chi connectivity index (χ2n) is 4.15. The lowest BCUT2D eigenvalue weighted by Gasteiger charge is -2.11. The molecule has 0 saturated heterocycles. The summed E-state index contributed by atoms with van der Waals surface area (Å²) in [5.74, 6) is -1.73. The van der Waals surface area contributed by atoms with Gasteiger partial charge in [-0.15, -0.1) is 0 Å². The van der Waals surface area contributed by atoms with Gasteiger partial charge in [0, 0.05) is 15.1 Å². The van der Waals surface area contributed by atoms with Crippen LogP contribution in [0, 0.1) is 5.82 Å². The van der Waals surface area contributed by atoms with Gasteiger partial charge in [-0.1, -0.05) is 27.5 Å². The van der Waals surface area contributed by atoms with Crippen molar-refractivity contribution in [2.24, 2.45) is 0 Å². The number of halogens is 6. The van der Waals surface area contributed by atoms with Crippen molar-refractivity contribution in [2.45, 2.75) is 6.18 Å². The third-order valence-corrected chi connectivity index (χ3v) is 3.64. The minimum atomic E-state index is -4.62. The first-order chi connectivity index (χ1) is 9.70. The largest absolute Gasteiger partial charge is 0.417 e. The van der Waals surface area contributed by atoms with Crippen molar-refractivity contribution in [1.29, 1.82) is 0 Å². The standard InChI is InChI=1S/C14H6BrClF4O/c15-11-4-1-7(5-10(11)14(18,19)20)13(21)9-3-2-8(16)6-12(9)17/h1-6H. The van der Waals surface area contributed by atoms with Crippen molar-refractivity contribution in [1.82, 2.24) is 0 Å². The summed E-state index contributed by atoms with van der Waals surface area (Å²) in [4.78, 5) is 12.1. The number of hydrogen-bond acceptors (Lipinski definition) is 1. The van der Waals surface area contributed by atoms with Crippen LogP contribution in [0.2, 0.25) is 5.02 Å². The number of alkyl halides is 3. The predicted molar refractivity (Wildman–Crippen MR) is 74.0 cm³/mol. The van der Waals surface area contributed by atoms with E-state index >= 15 is 0 Å². The first kappa shape index (κ1) is 16.0. The zero-order chi connectivity index (χ0) is 15.8. The molecule has 0 aromatic heterocycles. The molecule has 2 aromatic carbocycles. The second-order valence-corrected chi connectivity index (χ2v) is 5.44. The van der Waals surface area contributed by atoms with E-state index in [4.69, 9.17) is 11.6 Å². The molecule has 0 aliphatic rings. The second kappa shape index (κ2) is 5.77. The van der Waals surface area contributed by atoms with Crippen LogP contribution in [-0.4, -0.2) is 5.78 Å². The molecule has 0 atom stereocenters. The third kappa shape index (κ3) is 3.44. The maximum Gasteiger partial charge on any atom is 0.417 e. The molecule has 0 unspecified atom stereocenters. The van der Waals surface area contributed by atoms with Crippen LogP contribution in [0.4, 0.5) is 17.6 Å².